The molecule has 0 bridgehead atoms. The van der Waals surface area contributed by atoms with Gasteiger partial charge in [-0.15, -0.1) is 0 Å². The Bertz CT molecular complexity index is 791. The van der Waals surface area contributed by atoms with Crippen LogP contribution in [0.25, 0.3) is 0 Å². The fourth-order valence-electron chi connectivity index (χ4n) is 4.76. The first-order valence-electron chi connectivity index (χ1n) is 10.1. The first-order chi connectivity index (χ1) is 13.1. The molecule has 1 saturated carbocycles. The molecule has 144 valence electrons. The third kappa shape index (κ3) is 3.52. The van der Waals surface area contributed by atoms with E-state index in [1.165, 1.54) is 17.5 Å². The molecule has 2 heterocycles. The third-order valence-electron chi connectivity index (χ3n) is 6.12. The molecule has 1 aromatic carbocycles. The lowest BCUT2D eigenvalue weighted by atomic mass is 9.87. The summed E-state index contributed by atoms with van der Waals surface area (Å²) >= 11 is 6.90. The number of amides is 1. The van der Waals surface area contributed by atoms with Crippen molar-refractivity contribution in [2.24, 2.45) is 5.92 Å². The van der Waals surface area contributed by atoms with Crippen LogP contribution in [0.2, 0.25) is 0 Å². The van der Waals surface area contributed by atoms with Gasteiger partial charge < -0.3 is 9.80 Å². The minimum atomic E-state index is 0.138. The number of halogens is 1. The molecule has 0 radical (unpaired) electrons. The van der Waals surface area contributed by atoms with E-state index in [9.17, 15) is 4.79 Å². The van der Waals surface area contributed by atoms with Crippen molar-refractivity contribution in [1.29, 1.82) is 0 Å². The second kappa shape index (κ2) is 7.67. The Morgan fingerprint density at radius 1 is 1.19 bits per heavy atom. The average molecular weight is 387 g/mol. The normalized spacial score (nSPS) is 23.0. The van der Waals surface area contributed by atoms with Crippen LogP contribution in [-0.2, 0) is 11.2 Å². The van der Waals surface area contributed by atoms with Crippen LogP contribution in [0, 0.1) is 5.92 Å². The Hall–Kier alpha value is -1.81. The third-order valence-corrected chi connectivity index (χ3v) is 6.53. The average Bonchev–Trinajstić information content (AvgIpc) is 2.69. The zero-order valence-electron chi connectivity index (χ0n) is 16.3. The Kier molecular flexibility index (Phi) is 5.27. The Balaban J connectivity index is 1.74. The lowest BCUT2D eigenvalue weighted by Gasteiger charge is -2.46. The van der Waals surface area contributed by atoms with Crippen LogP contribution in [0.5, 0.6) is 0 Å². The molecule has 1 aromatic rings. The van der Waals surface area contributed by atoms with E-state index in [4.69, 9.17) is 11.6 Å². The van der Waals surface area contributed by atoms with Gasteiger partial charge in [-0.1, -0.05) is 55.1 Å². The summed E-state index contributed by atoms with van der Waals surface area (Å²) in [5.41, 5.74) is 3.55. The number of fused-ring (bicyclic) bond motifs is 3. The van der Waals surface area contributed by atoms with E-state index in [0.29, 0.717) is 11.7 Å². The zero-order chi connectivity index (χ0) is 19.0. The van der Waals surface area contributed by atoms with Crippen molar-refractivity contribution in [3.05, 3.63) is 46.2 Å². The molecule has 1 atom stereocenters. The van der Waals surface area contributed by atoms with Gasteiger partial charge in [0, 0.05) is 12.5 Å². The number of carbonyl (C=O) groups excluding carboxylic acids is 1. The van der Waals surface area contributed by atoms with E-state index < -0.39 is 0 Å². The van der Waals surface area contributed by atoms with Gasteiger partial charge >= 0.3 is 0 Å². The molecule has 1 amide bonds. The minimum Gasteiger partial charge on any atom is -0.351 e. The molecule has 3 aliphatic rings. The topological polar surface area (TPSA) is 26.6 Å². The van der Waals surface area contributed by atoms with Crippen LogP contribution >= 0.6 is 11.6 Å². The van der Waals surface area contributed by atoms with Crippen LogP contribution in [0.1, 0.15) is 49.3 Å². The van der Waals surface area contributed by atoms with Crippen molar-refractivity contribution in [3.63, 3.8) is 0 Å². The highest BCUT2D eigenvalue weighted by Gasteiger charge is 2.40. The maximum atomic E-state index is 13.5. The van der Waals surface area contributed by atoms with Crippen LogP contribution in [-0.4, -0.2) is 53.7 Å². The highest BCUT2D eigenvalue weighted by molar-refractivity contribution is 6.31. The predicted octanol–water partition coefficient (Wildman–Crippen LogP) is 3.76. The van der Waals surface area contributed by atoms with E-state index in [2.05, 4.69) is 29.2 Å². The van der Waals surface area contributed by atoms with Crippen molar-refractivity contribution < 1.29 is 9.37 Å². The van der Waals surface area contributed by atoms with Gasteiger partial charge in [0.2, 0.25) is 5.91 Å². The summed E-state index contributed by atoms with van der Waals surface area (Å²) in [6, 6.07) is 8.74. The SMILES string of the molecule is C[N+](C)=CC1=C(Cl)N2CCc3ccccc3C2CN1C(=O)C1CCCCC1. The Morgan fingerprint density at radius 3 is 2.67 bits per heavy atom. The maximum absolute atomic E-state index is 13.5. The van der Waals surface area contributed by atoms with Crippen molar-refractivity contribution in [2.75, 3.05) is 27.2 Å². The second-order valence-electron chi connectivity index (χ2n) is 8.21. The second-order valence-corrected chi connectivity index (χ2v) is 8.57. The molecule has 1 aliphatic carbocycles. The first kappa shape index (κ1) is 18.5. The zero-order valence-corrected chi connectivity index (χ0v) is 17.1. The van der Waals surface area contributed by atoms with Crippen molar-refractivity contribution in [2.45, 2.75) is 44.6 Å². The standard InChI is InChI=1S/C22H29ClN3O/c1-24(2)14-20-21(23)25-13-12-16-8-6-7-11-18(16)19(25)15-26(20)22(27)17-9-4-3-5-10-17/h6-8,11,14,17,19H,3-5,9-10,12-13,15H2,1-2H3/q+1. The van der Waals surface area contributed by atoms with Gasteiger partial charge in [0.05, 0.1) is 12.6 Å². The summed E-state index contributed by atoms with van der Waals surface area (Å²) in [6.07, 6.45) is 8.58. The Morgan fingerprint density at radius 2 is 1.93 bits per heavy atom. The molecule has 0 N–H and O–H groups in total. The van der Waals surface area contributed by atoms with E-state index in [-0.39, 0.29) is 17.9 Å². The molecule has 1 fully saturated rings. The summed E-state index contributed by atoms with van der Waals surface area (Å²) in [4.78, 5) is 17.7. The smallest absolute Gasteiger partial charge is 0.230 e. The van der Waals surface area contributed by atoms with E-state index >= 15 is 0 Å². The molecule has 27 heavy (non-hydrogen) atoms. The molecule has 4 rings (SSSR count). The van der Waals surface area contributed by atoms with Crippen LogP contribution in [0.3, 0.4) is 0 Å². The highest BCUT2D eigenvalue weighted by atomic mass is 35.5. The predicted molar refractivity (Wildman–Crippen MR) is 109 cm³/mol. The molecule has 0 spiro atoms. The van der Waals surface area contributed by atoms with Gasteiger partial charge in [0.1, 0.15) is 24.9 Å². The Labute approximate surface area is 167 Å². The van der Waals surface area contributed by atoms with Gasteiger partial charge in [0.15, 0.2) is 6.21 Å². The van der Waals surface area contributed by atoms with E-state index in [1.54, 1.807) is 0 Å². The minimum absolute atomic E-state index is 0.138. The van der Waals surface area contributed by atoms with Crippen molar-refractivity contribution in [3.8, 4) is 0 Å². The number of rotatable bonds is 2. The molecule has 5 heteroatoms. The molecule has 0 saturated heterocycles. The molecule has 2 aliphatic heterocycles. The number of hydrogen-bond acceptors (Lipinski definition) is 2. The van der Waals surface area contributed by atoms with E-state index in [0.717, 1.165) is 44.3 Å². The fourth-order valence-corrected chi connectivity index (χ4v) is 5.11. The summed E-state index contributed by atoms with van der Waals surface area (Å²) < 4.78 is 1.98. The van der Waals surface area contributed by atoms with E-state index in [1.807, 2.05) is 29.8 Å². The van der Waals surface area contributed by atoms with Gasteiger partial charge in [-0.05, 0) is 30.4 Å². The van der Waals surface area contributed by atoms with Gasteiger partial charge in [0.25, 0.3) is 0 Å². The number of carbonyl (C=O) groups is 1. The van der Waals surface area contributed by atoms with Crippen LogP contribution < -0.4 is 0 Å². The fraction of sp³-hybridized carbons (Fsp3) is 0.545. The van der Waals surface area contributed by atoms with Crippen LogP contribution in [0.15, 0.2) is 35.1 Å². The molecule has 0 aromatic heterocycles. The molecular weight excluding hydrogens is 358 g/mol. The largest absolute Gasteiger partial charge is 0.351 e. The summed E-state index contributed by atoms with van der Waals surface area (Å²) in [5.74, 6) is 0.391. The van der Waals surface area contributed by atoms with Gasteiger partial charge in [-0.2, -0.15) is 0 Å². The first-order valence-corrected chi connectivity index (χ1v) is 10.5. The summed E-state index contributed by atoms with van der Waals surface area (Å²) in [7, 11) is 3.97. The highest BCUT2D eigenvalue weighted by Crippen LogP contribution is 2.40. The lowest BCUT2D eigenvalue weighted by molar-refractivity contribution is -0.459. The summed E-state index contributed by atoms with van der Waals surface area (Å²) in [6.45, 7) is 1.58. The van der Waals surface area contributed by atoms with Crippen LogP contribution in [0.4, 0.5) is 0 Å². The lowest BCUT2D eigenvalue weighted by Crippen LogP contribution is -2.50. The number of nitrogens with zero attached hydrogens (tertiary/aromatic N) is 3. The maximum Gasteiger partial charge on any atom is 0.230 e. The number of hydrogen-bond donors (Lipinski definition) is 0. The van der Waals surface area contributed by atoms with Crippen molar-refractivity contribution in [1.82, 2.24) is 9.80 Å². The summed E-state index contributed by atoms with van der Waals surface area (Å²) in [5, 5.41) is 0.707. The monoisotopic (exact) mass is 386 g/mol. The number of allylic oxidation sites excluding steroid dienone is 1. The van der Waals surface area contributed by atoms with Gasteiger partial charge in [-0.25, -0.2) is 4.58 Å². The quantitative estimate of drug-likeness (QED) is 0.439. The van der Waals surface area contributed by atoms with Crippen molar-refractivity contribution >= 4 is 23.7 Å². The van der Waals surface area contributed by atoms with Gasteiger partial charge in [-0.3, -0.25) is 4.79 Å². The molecule has 4 nitrogen and oxygen atoms in total. The molecule has 1 unspecified atom stereocenters. The number of benzene rings is 1. The molecular formula is C22H29ClN3O+.